The zero-order valence-electron chi connectivity index (χ0n) is 20.0. The molecule has 10 heteroatoms. The average molecular weight is 503 g/mol. The first kappa shape index (κ1) is 26.0. The Labute approximate surface area is 209 Å². The normalized spacial score (nSPS) is 18.0. The zero-order valence-corrected chi connectivity index (χ0v) is 21.7. The van der Waals surface area contributed by atoms with Crippen LogP contribution in [0.1, 0.15) is 56.7 Å². The van der Waals surface area contributed by atoms with E-state index < -0.39 is 0 Å². The molecule has 182 valence electrons. The third kappa shape index (κ3) is 4.91. The third-order valence-electron chi connectivity index (χ3n) is 6.17. The summed E-state index contributed by atoms with van der Waals surface area (Å²) in [7, 11) is 0. The lowest BCUT2D eigenvalue weighted by atomic mass is 9.95. The van der Waals surface area contributed by atoms with Crippen LogP contribution in [0, 0.1) is 24.2 Å². The largest absolute Gasteiger partial charge is 0.466 e. The van der Waals surface area contributed by atoms with Crippen molar-refractivity contribution in [3.05, 3.63) is 31.9 Å². The van der Waals surface area contributed by atoms with Gasteiger partial charge in [0.05, 0.1) is 17.4 Å². The molecule has 2 aliphatic heterocycles. The van der Waals surface area contributed by atoms with E-state index in [1.54, 1.807) is 29.4 Å². The van der Waals surface area contributed by atoms with E-state index in [1.165, 1.54) is 11.8 Å². The number of hydrogen-bond acceptors (Lipinski definition) is 8. The minimum atomic E-state index is -0.347. The van der Waals surface area contributed by atoms with Crippen molar-refractivity contribution in [2.24, 2.45) is 5.92 Å². The first-order valence-corrected chi connectivity index (χ1v) is 12.9. The van der Waals surface area contributed by atoms with Crippen molar-refractivity contribution in [2.45, 2.75) is 53.5 Å². The summed E-state index contributed by atoms with van der Waals surface area (Å²) in [5, 5.41) is 9.71. The van der Waals surface area contributed by atoms with Gasteiger partial charge in [-0.3, -0.25) is 23.9 Å². The summed E-state index contributed by atoms with van der Waals surface area (Å²) in [5.41, 5.74) is 0.938. The number of thiocarbonyl (C=S) groups is 1. The Morgan fingerprint density at radius 3 is 2.50 bits per heavy atom. The number of rotatable bonds is 7. The highest BCUT2D eigenvalue weighted by Gasteiger charge is 2.34. The SMILES string of the molecule is CCCN1C(=O)C(=Cc2c(C)c(C#N)c(=O)n(CC)c2N2CCC(C(=O)OCC)CC2)SC1=S. The highest BCUT2D eigenvalue weighted by atomic mass is 32.2. The fraction of sp³-hybridized carbons (Fsp3) is 0.542. The standard InChI is InChI=1S/C24H30N4O4S2/c1-5-10-28-22(30)19(34-24(28)33)13-17-15(4)18(14-25)21(29)27(6-2)20(17)26-11-8-16(9-12-26)23(31)32-7-3/h13,16H,5-12H2,1-4H3. The van der Waals surface area contributed by atoms with Crippen LogP contribution >= 0.6 is 24.0 Å². The average Bonchev–Trinajstić information content (AvgIpc) is 3.09. The number of piperidine rings is 1. The van der Waals surface area contributed by atoms with Crippen molar-refractivity contribution in [3.8, 4) is 6.07 Å². The van der Waals surface area contributed by atoms with Crippen LogP contribution in [0.25, 0.3) is 6.08 Å². The maximum Gasteiger partial charge on any atom is 0.309 e. The first-order valence-electron chi connectivity index (χ1n) is 11.6. The number of thioether (sulfide) groups is 1. The molecule has 0 saturated carbocycles. The molecule has 0 bridgehead atoms. The molecule has 1 aromatic heterocycles. The van der Waals surface area contributed by atoms with Crippen LogP contribution in [0.4, 0.5) is 5.82 Å². The maximum atomic E-state index is 13.1. The summed E-state index contributed by atoms with van der Waals surface area (Å²) in [6, 6.07) is 2.05. The fourth-order valence-corrected chi connectivity index (χ4v) is 5.70. The Bertz CT molecular complexity index is 1130. The van der Waals surface area contributed by atoms with Crippen molar-refractivity contribution in [3.63, 3.8) is 0 Å². The van der Waals surface area contributed by atoms with Gasteiger partial charge in [0.1, 0.15) is 21.8 Å². The highest BCUT2D eigenvalue weighted by Crippen LogP contribution is 2.36. The predicted octanol–water partition coefficient (Wildman–Crippen LogP) is 3.44. The van der Waals surface area contributed by atoms with Gasteiger partial charge in [-0.1, -0.05) is 30.9 Å². The Kier molecular flexibility index (Phi) is 8.55. The lowest BCUT2D eigenvalue weighted by Gasteiger charge is -2.35. The van der Waals surface area contributed by atoms with Gasteiger partial charge in [-0.2, -0.15) is 5.26 Å². The first-order chi connectivity index (χ1) is 16.3. The van der Waals surface area contributed by atoms with Crippen molar-refractivity contribution >= 4 is 52.1 Å². The van der Waals surface area contributed by atoms with Gasteiger partial charge < -0.3 is 9.64 Å². The van der Waals surface area contributed by atoms with E-state index in [1.807, 2.05) is 19.9 Å². The van der Waals surface area contributed by atoms with Crippen LogP contribution in [0.15, 0.2) is 9.70 Å². The summed E-state index contributed by atoms with van der Waals surface area (Å²) >= 11 is 6.65. The monoisotopic (exact) mass is 502 g/mol. The van der Waals surface area contributed by atoms with Crippen LogP contribution in [-0.4, -0.2) is 51.9 Å². The lowest BCUT2D eigenvalue weighted by Crippen LogP contribution is -2.41. The van der Waals surface area contributed by atoms with Crippen LogP contribution in [0.5, 0.6) is 0 Å². The molecule has 0 atom stereocenters. The van der Waals surface area contributed by atoms with Crippen molar-refractivity contribution < 1.29 is 14.3 Å². The molecule has 0 unspecified atom stereocenters. The van der Waals surface area contributed by atoms with E-state index in [-0.39, 0.29) is 28.9 Å². The van der Waals surface area contributed by atoms with Gasteiger partial charge in [0.25, 0.3) is 11.5 Å². The summed E-state index contributed by atoms with van der Waals surface area (Å²) < 4.78 is 7.29. The molecule has 0 aromatic carbocycles. The van der Waals surface area contributed by atoms with Crippen LogP contribution in [0.3, 0.4) is 0 Å². The fourth-order valence-electron chi connectivity index (χ4n) is 4.41. The molecule has 0 spiro atoms. The van der Waals surface area contributed by atoms with Crippen molar-refractivity contribution in [1.82, 2.24) is 9.47 Å². The van der Waals surface area contributed by atoms with Gasteiger partial charge in [-0.05, 0) is 51.7 Å². The van der Waals surface area contributed by atoms with E-state index in [2.05, 4.69) is 4.90 Å². The number of anilines is 1. The molecule has 1 aromatic rings. The molecule has 3 heterocycles. The molecule has 0 aliphatic carbocycles. The quantitative estimate of drug-likeness (QED) is 0.318. The summed E-state index contributed by atoms with van der Waals surface area (Å²) in [4.78, 5) is 42.5. The lowest BCUT2D eigenvalue weighted by molar-refractivity contribution is -0.148. The second kappa shape index (κ2) is 11.2. The number of ether oxygens (including phenoxy) is 1. The van der Waals surface area contributed by atoms with Gasteiger partial charge in [-0.15, -0.1) is 0 Å². The van der Waals surface area contributed by atoms with E-state index in [0.29, 0.717) is 71.8 Å². The topological polar surface area (TPSA) is 95.6 Å². The van der Waals surface area contributed by atoms with Crippen LogP contribution in [-0.2, 0) is 20.9 Å². The molecule has 2 aliphatic rings. The minimum absolute atomic E-state index is 0.0716. The smallest absolute Gasteiger partial charge is 0.309 e. The molecular weight excluding hydrogens is 472 g/mol. The predicted molar refractivity (Wildman–Crippen MR) is 138 cm³/mol. The van der Waals surface area contributed by atoms with Gasteiger partial charge in [0.15, 0.2) is 0 Å². The Morgan fingerprint density at radius 1 is 1.26 bits per heavy atom. The number of pyridine rings is 1. The molecule has 0 N–H and O–H groups in total. The van der Waals surface area contributed by atoms with E-state index in [0.717, 1.165) is 6.42 Å². The zero-order chi connectivity index (χ0) is 25.0. The molecular formula is C24H30N4O4S2. The molecule has 2 saturated heterocycles. The van der Waals surface area contributed by atoms with Crippen molar-refractivity contribution in [1.29, 1.82) is 5.26 Å². The Balaban J connectivity index is 2.09. The van der Waals surface area contributed by atoms with E-state index in [4.69, 9.17) is 17.0 Å². The minimum Gasteiger partial charge on any atom is -0.466 e. The summed E-state index contributed by atoms with van der Waals surface area (Å²) in [5.74, 6) is 0.153. The van der Waals surface area contributed by atoms with Crippen LogP contribution in [0.2, 0.25) is 0 Å². The summed E-state index contributed by atoms with van der Waals surface area (Å²) in [6.45, 7) is 9.78. The number of aromatic nitrogens is 1. The van der Waals surface area contributed by atoms with Gasteiger partial charge in [0.2, 0.25) is 0 Å². The highest BCUT2D eigenvalue weighted by molar-refractivity contribution is 8.26. The molecule has 8 nitrogen and oxygen atoms in total. The molecule has 1 amide bonds. The number of nitriles is 1. The number of carbonyl (C=O) groups is 2. The molecule has 34 heavy (non-hydrogen) atoms. The Hall–Kier alpha value is -2.64. The Morgan fingerprint density at radius 2 is 1.94 bits per heavy atom. The number of amides is 1. The van der Waals surface area contributed by atoms with E-state index >= 15 is 0 Å². The number of hydrogen-bond donors (Lipinski definition) is 0. The third-order valence-corrected chi connectivity index (χ3v) is 7.55. The van der Waals surface area contributed by atoms with Gasteiger partial charge in [0, 0.05) is 31.7 Å². The second-order valence-electron chi connectivity index (χ2n) is 8.25. The molecule has 2 fully saturated rings. The van der Waals surface area contributed by atoms with Gasteiger partial charge in [-0.25, -0.2) is 0 Å². The van der Waals surface area contributed by atoms with Gasteiger partial charge >= 0.3 is 5.97 Å². The van der Waals surface area contributed by atoms with E-state index in [9.17, 15) is 19.6 Å². The molecule has 0 radical (unpaired) electrons. The van der Waals surface area contributed by atoms with Crippen LogP contribution < -0.4 is 10.5 Å². The molecule has 3 rings (SSSR count). The number of carbonyl (C=O) groups excluding carboxylic acids is 2. The number of esters is 1. The maximum absolute atomic E-state index is 13.1. The second-order valence-corrected chi connectivity index (χ2v) is 9.92. The van der Waals surface area contributed by atoms with Crippen molar-refractivity contribution in [2.75, 3.05) is 31.1 Å². The number of nitrogens with zero attached hydrogens (tertiary/aromatic N) is 4. The summed E-state index contributed by atoms with van der Waals surface area (Å²) in [6.07, 6.45) is 3.77.